The summed E-state index contributed by atoms with van der Waals surface area (Å²) in [6.45, 7) is 1.59. The van der Waals surface area contributed by atoms with Gasteiger partial charge in [0, 0.05) is 7.05 Å². The molecule has 0 aliphatic carbocycles. The average Bonchev–Trinajstić information content (AvgIpc) is 2.65. The van der Waals surface area contributed by atoms with E-state index in [1.807, 2.05) is 30.3 Å². The summed E-state index contributed by atoms with van der Waals surface area (Å²) in [5.74, 6) is 0.259. The van der Waals surface area contributed by atoms with Crippen LogP contribution < -0.4 is 5.43 Å². The molecule has 0 saturated heterocycles. The van der Waals surface area contributed by atoms with Crippen LogP contribution >= 0.6 is 0 Å². The smallest absolute Gasteiger partial charge is 0.258 e. The molecule has 1 heterocycles. The first-order valence-electron chi connectivity index (χ1n) is 5.61. The molecule has 2 rings (SSSR count). The Labute approximate surface area is 109 Å². The summed E-state index contributed by atoms with van der Waals surface area (Å²) < 4.78 is 1.40. The fraction of sp³-hybridized carbons (Fsp3) is 0.167. The molecule has 2 aromatic rings. The van der Waals surface area contributed by atoms with Crippen LogP contribution in [0.1, 0.15) is 11.3 Å². The first-order chi connectivity index (χ1) is 9.09. The minimum atomic E-state index is -0.470. The lowest BCUT2D eigenvalue weighted by atomic mass is 10.2. The number of nitrogens with one attached hydrogen (secondary N) is 1. The van der Waals surface area contributed by atoms with Crippen molar-refractivity contribution < 1.29 is 4.92 Å². The topological polar surface area (TPSA) is 85.3 Å². The van der Waals surface area contributed by atoms with Crippen LogP contribution in [0.2, 0.25) is 0 Å². The molecule has 7 heteroatoms. The summed E-state index contributed by atoms with van der Waals surface area (Å²) in [5, 5.41) is 18.9. The van der Waals surface area contributed by atoms with Crippen molar-refractivity contribution in [3.8, 4) is 0 Å². The highest BCUT2D eigenvalue weighted by Gasteiger charge is 2.23. The van der Waals surface area contributed by atoms with Gasteiger partial charge >= 0.3 is 5.69 Å². The average molecular weight is 259 g/mol. The van der Waals surface area contributed by atoms with Gasteiger partial charge in [-0.15, -0.1) is 0 Å². The second kappa shape index (κ2) is 5.30. The summed E-state index contributed by atoms with van der Waals surface area (Å²) in [4.78, 5) is 10.5. The third-order valence-corrected chi connectivity index (χ3v) is 2.56. The summed E-state index contributed by atoms with van der Waals surface area (Å²) >= 11 is 0. The fourth-order valence-electron chi connectivity index (χ4n) is 1.70. The Bertz CT molecular complexity index is 619. The van der Waals surface area contributed by atoms with E-state index < -0.39 is 4.92 Å². The lowest BCUT2D eigenvalue weighted by Gasteiger charge is -1.99. The first kappa shape index (κ1) is 12.7. The number of nitro groups is 1. The van der Waals surface area contributed by atoms with Crippen LogP contribution in [0, 0.1) is 17.0 Å². The molecule has 0 aliphatic heterocycles. The molecule has 0 bridgehead atoms. The zero-order valence-corrected chi connectivity index (χ0v) is 10.6. The van der Waals surface area contributed by atoms with Crippen molar-refractivity contribution in [2.75, 3.05) is 5.43 Å². The standard InChI is InChI=1S/C12H13N5O2/c1-9-11(17(18)19)12(16(2)15-9)14-13-8-10-6-4-3-5-7-10/h3-8,14H,1-2H3. The van der Waals surface area contributed by atoms with E-state index in [-0.39, 0.29) is 11.5 Å². The number of benzene rings is 1. The maximum atomic E-state index is 10.9. The lowest BCUT2D eigenvalue weighted by molar-refractivity contribution is -0.384. The predicted octanol–water partition coefficient (Wildman–Crippen LogP) is 2.08. The van der Waals surface area contributed by atoms with Gasteiger partial charge in [0.2, 0.25) is 5.82 Å². The van der Waals surface area contributed by atoms with Gasteiger partial charge in [-0.3, -0.25) is 15.5 Å². The third-order valence-electron chi connectivity index (χ3n) is 2.56. The van der Waals surface area contributed by atoms with Crippen molar-refractivity contribution in [2.24, 2.45) is 12.1 Å². The molecule has 1 aromatic carbocycles. The van der Waals surface area contributed by atoms with Gasteiger partial charge in [-0.1, -0.05) is 30.3 Å². The minimum Gasteiger partial charge on any atom is -0.258 e. The van der Waals surface area contributed by atoms with Gasteiger partial charge in [0.15, 0.2) is 0 Å². The van der Waals surface area contributed by atoms with Gasteiger partial charge in [0.1, 0.15) is 5.69 Å². The van der Waals surface area contributed by atoms with Gasteiger partial charge < -0.3 is 0 Å². The number of hydrazone groups is 1. The van der Waals surface area contributed by atoms with Crippen molar-refractivity contribution in [2.45, 2.75) is 6.92 Å². The zero-order valence-electron chi connectivity index (χ0n) is 10.6. The normalized spacial score (nSPS) is 10.8. The van der Waals surface area contributed by atoms with E-state index in [2.05, 4.69) is 15.6 Å². The number of rotatable bonds is 4. The van der Waals surface area contributed by atoms with E-state index in [0.717, 1.165) is 5.56 Å². The first-order valence-corrected chi connectivity index (χ1v) is 5.61. The van der Waals surface area contributed by atoms with Crippen LogP contribution in [-0.2, 0) is 7.05 Å². The van der Waals surface area contributed by atoms with Crippen molar-refractivity contribution in [3.05, 3.63) is 51.7 Å². The Hall–Kier alpha value is -2.70. The van der Waals surface area contributed by atoms with Gasteiger partial charge in [-0.05, 0) is 12.5 Å². The number of nitrogens with zero attached hydrogens (tertiary/aromatic N) is 4. The zero-order chi connectivity index (χ0) is 13.8. The van der Waals surface area contributed by atoms with Crippen molar-refractivity contribution in [1.82, 2.24) is 9.78 Å². The van der Waals surface area contributed by atoms with E-state index in [4.69, 9.17) is 0 Å². The maximum absolute atomic E-state index is 10.9. The quantitative estimate of drug-likeness (QED) is 0.517. The minimum absolute atomic E-state index is 0.0623. The number of aryl methyl sites for hydroxylation is 2. The highest BCUT2D eigenvalue weighted by atomic mass is 16.6. The molecule has 0 unspecified atom stereocenters. The van der Waals surface area contributed by atoms with E-state index in [0.29, 0.717) is 5.69 Å². The number of anilines is 1. The lowest BCUT2D eigenvalue weighted by Crippen LogP contribution is -2.01. The van der Waals surface area contributed by atoms with Gasteiger partial charge in [0.05, 0.1) is 11.1 Å². The van der Waals surface area contributed by atoms with Crippen LogP contribution in [0.3, 0.4) is 0 Å². The molecule has 1 N–H and O–H groups in total. The monoisotopic (exact) mass is 259 g/mol. The number of hydrogen-bond donors (Lipinski definition) is 1. The van der Waals surface area contributed by atoms with Crippen LogP contribution in [0.5, 0.6) is 0 Å². The molecular formula is C12H13N5O2. The van der Waals surface area contributed by atoms with Gasteiger partial charge in [-0.2, -0.15) is 10.2 Å². The van der Waals surface area contributed by atoms with Crippen molar-refractivity contribution >= 4 is 17.7 Å². The van der Waals surface area contributed by atoms with Crippen molar-refractivity contribution in [1.29, 1.82) is 0 Å². The van der Waals surface area contributed by atoms with Crippen LogP contribution in [0.25, 0.3) is 0 Å². The number of aromatic nitrogens is 2. The van der Waals surface area contributed by atoms with E-state index in [9.17, 15) is 10.1 Å². The van der Waals surface area contributed by atoms with E-state index >= 15 is 0 Å². The Morgan fingerprint density at radius 3 is 2.74 bits per heavy atom. The molecule has 0 saturated carbocycles. The molecule has 1 aromatic heterocycles. The molecule has 0 radical (unpaired) electrons. The molecule has 0 amide bonds. The predicted molar refractivity (Wildman–Crippen MR) is 72.3 cm³/mol. The molecule has 0 atom stereocenters. The highest BCUT2D eigenvalue weighted by molar-refractivity contribution is 5.80. The summed E-state index contributed by atoms with van der Waals surface area (Å²) in [6, 6.07) is 9.44. The Morgan fingerprint density at radius 1 is 1.42 bits per heavy atom. The SMILES string of the molecule is Cc1nn(C)c(NN=Cc2ccccc2)c1[N+](=O)[O-]. The Morgan fingerprint density at radius 2 is 2.11 bits per heavy atom. The van der Waals surface area contributed by atoms with Crippen LogP contribution in [-0.4, -0.2) is 20.9 Å². The Balaban J connectivity index is 2.20. The van der Waals surface area contributed by atoms with Crippen LogP contribution in [0.4, 0.5) is 11.5 Å². The van der Waals surface area contributed by atoms with E-state index in [1.165, 1.54) is 4.68 Å². The third kappa shape index (κ3) is 2.76. The Kier molecular flexibility index (Phi) is 3.56. The largest absolute Gasteiger partial charge is 0.335 e. The summed E-state index contributed by atoms with van der Waals surface area (Å²) in [7, 11) is 1.63. The molecule has 0 fully saturated rings. The molecule has 19 heavy (non-hydrogen) atoms. The molecule has 7 nitrogen and oxygen atoms in total. The molecule has 98 valence electrons. The second-order valence-corrected chi connectivity index (χ2v) is 3.94. The second-order valence-electron chi connectivity index (χ2n) is 3.94. The van der Waals surface area contributed by atoms with Gasteiger partial charge in [0.25, 0.3) is 0 Å². The van der Waals surface area contributed by atoms with Gasteiger partial charge in [-0.25, -0.2) is 4.68 Å². The number of hydrogen-bond acceptors (Lipinski definition) is 5. The van der Waals surface area contributed by atoms with Crippen molar-refractivity contribution in [3.63, 3.8) is 0 Å². The molecule has 0 aliphatic rings. The summed E-state index contributed by atoms with van der Waals surface area (Å²) in [6.07, 6.45) is 1.59. The molecule has 0 spiro atoms. The van der Waals surface area contributed by atoms with E-state index in [1.54, 1.807) is 20.2 Å². The fourth-order valence-corrected chi connectivity index (χ4v) is 1.70. The summed E-state index contributed by atoms with van der Waals surface area (Å²) in [5.41, 5.74) is 3.85. The molecular weight excluding hydrogens is 246 g/mol. The highest BCUT2D eigenvalue weighted by Crippen LogP contribution is 2.26. The van der Waals surface area contributed by atoms with Crippen LogP contribution in [0.15, 0.2) is 35.4 Å². The maximum Gasteiger partial charge on any atom is 0.335 e.